The molecule has 0 unspecified atom stereocenters. The van der Waals surface area contributed by atoms with Crippen molar-refractivity contribution in [1.29, 1.82) is 0 Å². The van der Waals surface area contributed by atoms with E-state index in [9.17, 15) is 0 Å². The van der Waals surface area contributed by atoms with E-state index in [2.05, 4.69) is 157 Å². The fourth-order valence-electron chi connectivity index (χ4n) is 5.97. The zero-order valence-corrected chi connectivity index (χ0v) is 21.8. The van der Waals surface area contributed by atoms with Gasteiger partial charge in [-0.05, 0) is 58.3 Å². The number of benzene rings is 7. The molecule has 8 rings (SSSR count). The summed E-state index contributed by atoms with van der Waals surface area (Å²) in [6.07, 6.45) is 0. The molecule has 0 aliphatic rings. The van der Waals surface area contributed by atoms with Gasteiger partial charge in [0.25, 0.3) is 0 Å². The molecule has 0 radical (unpaired) electrons. The monoisotopic (exact) mass is 511 g/mol. The van der Waals surface area contributed by atoms with Crippen LogP contribution in [0.25, 0.3) is 54.6 Å². The molecule has 7 aromatic carbocycles. The molecule has 0 saturated carbocycles. The highest BCUT2D eigenvalue weighted by atomic mass is 16.3. The molecule has 0 amide bonds. The van der Waals surface area contributed by atoms with Crippen molar-refractivity contribution in [3.05, 3.63) is 152 Å². The van der Waals surface area contributed by atoms with Crippen molar-refractivity contribution in [2.24, 2.45) is 0 Å². The molecule has 0 saturated heterocycles. The minimum Gasteiger partial charge on any atom is -0.455 e. The first kappa shape index (κ1) is 22.6. The van der Waals surface area contributed by atoms with Crippen LogP contribution in [0.4, 0.5) is 17.1 Å². The Hall–Kier alpha value is -5.34. The van der Waals surface area contributed by atoms with Gasteiger partial charge in [0.2, 0.25) is 0 Å². The van der Waals surface area contributed by atoms with Gasteiger partial charge in [-0.25, -0.2) is 0 Å². The van der Waals surface area contributed by atoms with E-state index < -0.39 is 0 Å². The first-order chi connectivity index (χ1) is 19.8. The second-order valence-corrected chi connectivity index (χ2v) is 10.2. The Labute approximate surface area is 232 Å². The summed E-state index contributed by atoms with van der Waals surface area (Å²) in [5.41, 5.74) is 7.54. The van der Waals surface area contributed by atoms with E-state index >= 15 is 0 Å². The van der Waals surface area contributed by atoms with Crippen LogP contribution < -0.4 is 4.90 Å². The molecule has 188 valence electrons. The average molecular weight is 512 g/mol. The summed E-state index contributed by atoms with van der Waals surface area (Å²) in [7, 11) is 0. The lowest BCUT2D eigenvalue weighted by Crippen LogP contribution is -2.10. The van der Waals surface area contributed by atoms with Crippen LogP contribution in [0.5, 0.6) is 0 Å². The molecule has 0 spiro atoms. The number of hydrogen-bond acceptors (Lipinski definition) is 2. The summed E-state index contributed by atoms with van der Waals surface area (Å²) in [5, 5.41) is 6.95. The van der Waals surface area contributed by atoms with E-state index in [1.54, 1.807) is 0 Å². The Kier molecular flexibility index (Phi) is 5.17. The number of furan rings is 1. The van der Waals surface area contributed by atoms with E-state index in [0.717, 1.165) is 44.4 Å². The fourth-order valence-corrected chi connectivity index (χ4v) is 5.97. The lowest BCUT2D eigenvalue weighted by Gasteiger charge is -2.27. The Morgan fingerprint density at radius 3 is 1.85 bits per heavy atom. The highest BCUT2D eigenvalue weighted by Gasteiger charge is 2.21. The summed E-state index contributed by atoms with van der Waals surface area (Å²) in [4.78, 5) is 2.38. The maximum atomic E-state index is 6.57. The number of rotatable bonds is 4. The van der Waals surface area contributed by atoms with Gasteiger partial charge < -0.3 is 9.32 Å². The van der Waals surface area contributed by atoms with Crippen molar-refractivity contribution in [2.45, 2.75) is 0 Å². The van der Waals surface area contributed by atoms with E-state index in [1.807, 2.05) is 0 Å². The molecule has 0 aliphatic carbocycles. The molecule has 0 N–H and O–H groups in total. The maximum Gasteiger partial charge on any atom is 0.143 e. The molecule has 40 heavy (non-hydrogen) atoms. The molecule has 0 bridgehead atoms. The minimum absolute atomic E-state index is 0.884. The van der Waals surface area contributed by atoms with E-state index in [0.29, 0.717) is 0 Å². The molecule has 1 heterocycles. The predicted molar refractivity (Wildman–Crippen MR) is 169 cm³/mol. The Bertz CT molecular complexity index is 2150. The van der Waals surface area contributed by atoms with Gasteiger partial charge in [-0.3, -0.25) is 0 Å². The second kappa shape index (κ2) is 9.14. The van der Waals surface area contributed by atoms with Crippen LogP contribution in [-0.2, 0) is 0 Å². The van der Waals surface area contributed by atoms with Gasteiger partial charge >= 0.3 is 0 Å². The normalized spacial score (nSPS) is 11.5. The predicted octanol–water partition coefficient (Wildman–Crippen LogP) is 11.0. The molecular weight excluding hydrogens is 486 g/mol. The molecule has 2 heteroatoms. The summed E-state index contributed by atoms with van der Waals surface area (Å²) in [6.45, 7) is 0. The standard InChI is InChI=1S/C38H25NO/c1-2-10-26(11-3-1)27-20-23-30(24-21-27)39(34-17-8-14-28-12-4-6-15-31(28)34)35-18-9-19-36-37(35)33-25-22-29-13-5-7-16-32(29)38(33)40-36/h1-25H. The number of nitrogens with zero attached hydrogens (tertiary/aromatic N) is 1. The lowest BCUT2D eigenvalue weighted by atomic mass is 10.0. The SMILES string of the molecule is c1ccc(-c2ccc(N(c3cccc4ccccc34)c3cccc4oc5c6ccccc6ccc5c34)cc2)cc1. The average Bonchev–Trinajstić information content (AvgIpc) is 3.42. The van der Waals surface area contributed by atoms with Crippen molar-refractivity contribution >= 4 is 60.5 Å². The van der Waals surface area contributed by atoms with Crippen molar-refractivity contribution in [3.63, 3.8) is 0 Å². The van der Waals surface area contributed by atoms with Crippen LogP contribution in [0.3, 0.4) is 0 Å². The number of hydrogen-bond donors (Lipinski definition) is 0. The molecule has 1 aromatic heterocycles. The molecule has 0 fully saturated rings. The number of anilines is 3. The first-order valence-corrected chi connectivity index (χ1v) is 13.6. The van der Waals surface area contributed by atoms with Crippen LogP contribution in [0, 0.1) is 0 Å². The van der Waals surface area contributed by atoms with Gasteiger partial charge in [0, 0.05) is 21.8 Å². The highest BCUT2D eigenvalue weighted by Crippen LogP contribution is 2.46. The van der Waals surface area contributed by atoms with Crippen LogP contribution in [0.1, 0.15) is 0 Å². The molecular formula is C38H25NO. The Morgan fingerprint density at radius 1 is 0.400 bits per heavy atom. The molecule has 2 nitrogen and oxygen atoms in total. The molecule has 0 atom stereocenters. The van der Waals surface area contributed by atoms with E-state index in [1.165, 1.54) is 27.3 Å². The Morgan fingerprint density at radius 2 is 1.02 bits per heavy atom. The van der Waals surface area contributed by atoms with Crippen LogP contribution in [0.2, 0.25) is 0 Å². The molecule has 0 aliphatic heterocycles. The largest absolute Gasteiger partial charge is 0.455 e. The summed E-state index contributed by atoms with van der Waals surface area (Å²) >= 11 is 0. The third-order valence-corrected chi connectivity index (χ3v) is 7.85. The Balaban J connectivity index is 1.41. The van der Waals surface area contributed by atoms with Gasteiger partial charge in [-0.15, -0.1) is 0 Å². The van der Waals surface area contributed by atoms with Crippen molar-refractivity contribution in [2.75, 3.05) is 4.90 Å². The zero-order valence-electron chi connectivity index (χ0n) is 21.8. The quantitative estimate of drug-likeness (QED) is 0.234. The van der Waals surface area contributed by atoms with Crippen LogP contribution in [0.15, 0.2) is 156 Å². The van der Waals surface area contributed by atoms with Gasteiger partial charge in [-0.1, -0.05) is 115 Å². The van der Waals surface area contributed by atoms with Crippen molar-refractivity contribution < 1.29 is 4.42 Å². The minimum atomic E-state index is 0.884. The zero-order chi connectivity index (χ0) is 26.5. The highest BCUT2D eigenvalue weighted by molar-refractivity contribution is 6.20. The third kappa shape index (κ3) is 3.58. The van der Waals surface area contributed by atoms with Crippen LogP contribution >= 0.6 is 0 Å². The van der Waals surface area contributed by atoms with Gasteiger partial charge in [0.05, 0.1) is 16.8 Å². The molecule has 8 aromatic rings. The topological polar surface area (TPSA) is 16.4 Å². The lowest BCUT2D eigenvalue weighted by molar-refractivity contribution is 0.672. The van der Waals surface area contributed by atoms with Crippen LogP contribution in [-0.4, -0.2) is 0 Å². The first-order valence-electron chi connectivity index (χ1n) is 13.6. The van der Waals surface area contributed by atoms with Gasteiger partial charge in [0.1, 0.15) is 11.2 Å². The smallest absolute Gasteiger partial charge is 0.143 e. The summed E-state index contributed by atoms with van der Waals surface area (Å²) in [5.74, 6) is 0. The third-order valence-electron chi connectivity index (χ3n) is 7.85. The summed E-state index contributed by atoms with van der Waals surface area (Å²) in [6, 6.07) is 53.7. The number of fused-ring (bicyclic) bond motifs is 6. The van der Waals surface area contributed by atoms with E-state index in [4.69, 9.17) is 4.42 Å². The maximum absolute atomic E-state index is 6.57. The fraction of sp³-hybridized carbons (Fsp3) is 0. The summed E-state index contributed by atoms with van der Waals surface area (Å²) < 4.78 is 6.57. The second-order valence-electron chi connectivity index (χ2n) is 10.2. The van der Waals surface area contributed by atoms with Gasteiger partial charge in [0.15, 0.2) is 0 Å². The van der Waals surface area contributed by atoms with E-state index in [-0.39, 0.29) is 0 Å². The van der Waals surface area contributed by atoms with Gasteiger partial charge in [-0.2, -0.15) is 0 Å². The van der Waals surface area contributed by atoms with Crippen molar-refractivity contribution in [3.8, 4) is 11.1 Å². The van der Waals surface area contributed by atoms with Crippen molar-refractivity contribution in [1.82, 2.24) is 0 Å².